The van der Waals surface area contributed by atoms with E-state index in [0.717, 1.165) is 25.0 Å². The zero-order chi connectivity index (χ0) is 20.7. The van der Waals surface area contributed by atoms with Gasteiger partial charge in [0.05, 0.1) is 18.0 Å². The summed E-state index contributed by atoms with van der Waals surface area (Å²) in [7, 11) is 3.57. The van der Waals surface area contributed by atoms with Gasteiger partial charge in [-0.15, -0.1) is 23.6 Å². The van der Waals surface area contributed by atoms with Gasteiger partial charge in [0.2, 0.25) is 5.91 Å². The van der Waals surface area contributed by atoms with Crippen molar-refractivity contribution in [2.24, 2.45) is 23.7 Å². The van der Waals surface area contributed by atoms with Crippen molar-refractivity contribution in [3.63, 3.8) is 0 Å². The summed E-state index contributed by atoms with van der Waals surface area (Å²) < 4.78 is 0. The first-order chi connectivity index (χ1) is 13.3. The number of thioether (sulfide) groups is 1. The molecule has 0 heterocycles. The maximum absolute atomic E-state index is 11.6. The molecule has 0 radical (unpaired) electrons. The third-order valence-electron chi connectivity index (χ3n) is 6.04. The molecule has 0 aliphatic heterocycles. The van der Waals surface area contributed by atoms with E-state index >= 15 is 0 Å². The molecular formula is C23H35NO3S. The van der Waals surface area contributed by atoms with Crippen LogP contribution in [0.2, 0.25) is 0 Å². The predicted molar refractivity (Wildman–Crippen MR) is 117 cm³/mol. The number of hydrogen-bond acceptors (Lipinski definition) is 4. The molecule has 28 heavy (non-hydrogen) atoms. The maximum Gasteiger partial charge on any atom is 0.232 e. The highest BCUT2D eigenvalue weighted by atomic mass is 32.2. The van der Waals surface area contributed by atoms with Gasteiger partial charge >= 0.3 is 0 Å². The lowest BCUT2D eigenvalue weighted by molar-refractivity contribution is -0.125. The number of allylic oxidation sites excluding steroid dienone is 1. The minimum Gasteiger partial charge on any atom is -0.392 e. The lowest BCUT2D eigenvalue weighted by atomic mass is 9.89. The Morgan fingerprint density at radius 2 is 2.14 bits per heavy atom. The largest absolute Gasteiger partial charge is 0.392 e. The normalized spacial score (nSPS) is 30.1. The second-order valence-corrected chi connectivity index (χ2v) is 9.39. The molecule has 5 heteroatoms. The van der Waals surface area contributed by atoms with Gasteiger partial charge in [-0.3, -0.25) is 4.79 Å². The molecule has 2 aliphatic carbocycles. The minimum absolute atomic E-state index is 0.0963. The quantitative estimate of drug-likeness (QED) is 0.370. The van der Waals surface area contributed by atoms with Gasteiger partial charge in [-0.05, 0) is 43.9 Å². The Balaban J connectivity index is 1.86. The number of carbonyl (C=O) groups is 1. The Bertz CT molecular complexity index is 646. The topological polar surface area (TPSA) is 60.8 Å². The Morgan fingerprint density at radius 3 is 2.82 bits per heavy atom. The van der Waals surface area contributed by atoms with Crippen LogP contribution >= 0.6 is 11.8 Å². The molecule has 2 aliphatic rings. The number of fused-ring (bicyclic) bond motifs is 1. The molecule has 156 valence electrons. The summed E-state index contributed by atoms with van der Waals surface area (Å²) in [5.41, 5.74) is 1.46. The van der Waals surface area contributed by atoms with Crippen LogP contribution in [0.15, 0.2) is 23.8 Å². The molecule has 0 unspecified atom stereocenters. The summed E-state index contributed by atoms with van der Waals surface area (Å²) >= 11 is 1.65. The van der Waals surface area contributed by atoms with E-state index in [0.29, 0.717) is 24.0 Å². The van der Waals surface area contributed by atoms with Gasteiger partial charge in [-0.1, -0.05) is 30.7 Å². The van der Waals surface area contributed by atoms with Gasteiger partial charge in [0, 0.05) is 32.2 Å². The second-order valence-electron chi connectivity index (χ2n) is 8.36. The number of amides is 1. The minimum atomic E-state index is -0.519. The summed E-state index contributed by atoms with van der Waals surface area (Å²) in [5, 5.41) is 20.8. The van der Waals surface area contributed by atoms with E-state index < -0.39 is 6.10 Å². The third-order valence-corrected chi connectivity index (χ3v) is 6.89. The van der Waals surface area contributed by atoms with Crippen LogP contribution in [0.4, 0.5) is 0 Å². The lowest BCUT2D eigenvalue weighted by Crippen LogP contribution is -2.23. The van der Waals surface area contributed by atoms with E-state index in [2.05, 4.69) is 17.9 Å². The maximum atomic E-state index is 11.6. The molecule has 0 spiro atoms. The van der Waals surface area contributed by atoms with Crippen LogP contribution in [-0.2, 0) is 4.79 Å². The van der Waals surface area contributed by atoms with Crippen molar-refractivity contribution in [3.8, 4) is 11.8 Å². The van der Waals surface area contributed by atoms with Crippen molar-refractivity contribution in [1.29, 1.82) is 0 Å². The third kappa shape index (κ3) is 6.40. The zero-order valence-electron chi connectivity index (χ0n) is 17.6. The molecular weight excluding hydrogens is 370 g/mol. The molecule has 0 aromatic carbocycles. The van der Waals surface area contributed by atoms with E-state index in [-0.39, 0.29) is 23.8 Å². The number of aliphatic hydroxyl groups is 2. The zero-order valence-corrected chi connectivity index (χ0v) is 18.4. The summed E-state index contributed by atoms with van der Waals surface area (Å²) in [6, 6.07) is 0. The number of aliphatic hydroxyl groups excluding tert-OH is 2. The molecule has 0 bridgehead atoms. The van der Waals surface area contributed by atoms with Gasteiger partial charge in [0.15, 0.2) is 0 Å². The molecule has 2 saturated carbocycles. The molecule has 6 atom stereocenters. The van der Waals surface area contributed by atoms with Crippen molar-refractivity contribution < 1.29 is 15.0 Å². The van der Waals surface area contributed by atoms with Crippen LogP contribution in [0.5, 0.6) is 0 Å². The first kappa shape index (κ1) is 23.1. The fraction of sp³-hybridized carbons (Fsp3) is 0.696. The van der Waals surface area contributed by atoms with E-state index in [1.54, 1.807) is 30.8 Å². The van der Waals surface area contributed by atoms with Crippen LogP contribution in [0, 0.1) is 35.5 Å². The van der Waals surface area contributed by atoms with E-state index in [1.807, 2.05) is 26.0 Å². The Morgan fingerprint density at radius 1 is 1.39 bits per heavy atom. The highest BCUT2D eigenvalue weighted by Gasteiger charge is 2.44. The molecule has 2 fully saturated rings. The van der Waals surface area contributed by atoms with Crippen molar-refractivity contribution in [3.05, 3.63) is 23.8 Å². The fourth-order valence-corrected chi connectivity index (χ4v) is 5.11. The van der Waals surface area contributed by atoms with Gasteiger partial charge in [0.1, 0.15) is 0 Å². The van der Waals surface area contributed by atoms with Gasteiger partial charge < -0.3 is 15.1 Å². The molecule has 2 rings (SSSR count). The highest BCUT2D eigenvalue weighted by molar-refractivity contribution is 8.00. The number of carbonyl (C=O) groups excluding carboxylic acids is 1. The first-order valence-electron chi connectivity index (χ1n) is 10.2. The Kier molecular flexibility index (Phi) is 9.14. The van der Waals surface area contributed by atoms with Crippen LogP contribution in [0.1, 0.15) is 39.5 Å². The molecule has 0 aromatic rings. The van der Waals surface area contributed by atoms with Gasteiger partial charge in [-0.25, -0.2) is 0 Å². The summed E-state index contributed by atoms with van der Waals surface area (Å²) in [5.74, 6) is 8.64. The van der Waals surface area contributed by atoms with Crippen molar-refractivity contribution in [2.75, 3.05) is 25.6 Å². The van der Waals surface area contributed by atoms with Crippen LogP contribution in [-0.4, -0.2) is 58.8 Å². The highest BCUT2D eigenvalue weighted by Crippen LogP contribution is 2.50. The summed E-state index contributed by atoms with van der Waals surface area (Å²) in [4.78, 5) is 13.3. The summed E-state index contributed by atoms with van der Waals surface area (Å²) in [6.45, 7) is 3.82. The van der Waals surface area contributed by atoms with E-state index in [9.17, 15) is 15.0 Å². The van der Waals surface area contributed by atoms with Gasteiger partial charge in [0.25, 0.3) is 0 Å². The van der Waals surface area contributed by atoms with Crippen LogP contribution < -0.4 is 0 Å². The average molecular weight is 406 g/mol. The van der Waals surface area contributed by atoms with Crippen LogP contribution in [0.3, 0.4) is 0 Å². The van der Waals surface area contributed by atoms with Gasteiger partial charge in [-0.2, -0.15) is 0 Å². The Hall–Kier alpha value is -1.22. The Labute approximate surface area is 174 Å². The van der Waals surface area contributed by atoms with E-state index in [4.69, 9.17) is 0 Å². The number of hydrogen-bond donors (Lipinski definition) is 2. The van der Waals surface area contributed by atoms with Crippen molar-refractivity contribution in [1.82, 2.24) is 4.90 Å². The van der Waals surface area contributed by atoms with E-state index in [1.165, 1.54) is 5.57 Å². The van der Waals surface area contributed by atoms with Crippen molar-refractivity contribution in [2.45, 2.75) is 51.7 Å². The monoisotopic (exact) mass is 405 g/mol. The predicted octanol–water partition coefficient (Wildman–Crippen LogP) is 3.11. The number of rotatable bonds is 8. The summed E-state index contributed by atoms with van der Waals surface area (Å²) in [6.07, 6.45) is 8.96. The standard InChI is InChI=1S/C23H35NO3S/c1-5-6-7-16(2)21(25)9-8-19-20-13-17(12-18(20)14-22(19)26)10-11-28-15-23(27)24(3)4/h8-10,16,18-22,25-26H,7,11-15H2,1-4H3/t16-,18-,19+,20-,21+,22+/m0/s1. The second kappa shape index (κ2) is 11.1. The molecule has 2 N–H and O–H groups in total. The smallest absolute Gasteiger partial charge is 0.232 e. The SMILES string of the molecule is CC#CC[C@H](C)[C@H](O)C=C[C@@H]1[C@H]2CC(=CCSCC(=O)N(C)C)C[C@H]2C[C@H]1O. The lowest BCUT2D eigenvalue weighted by Gasteiger charge is -2.19. The molecule has 0 saturated heterocycles. The average Bonchev–Trinajstić information content (AvgIpc) is 3.17. The fourth-order valence-electron chi connectivity index (χ4n) is 4.21. The molecule has 4 nitrogen and oxygen atoms in total. The van der Waals surface area contributed by atoms with Crippen molar-refractivity contribution >= 4 is 17.7 Å². The molecule has 1 amide bonds. The number of nitrogens with zero attached hydrogens (tertiary/aromatic N) is 1. The molecule has 0 aromatic heterocycles. The first-order valence-corrected chi connectivity index (χ1v) is 11.4. The van der Waals surface area contributed by atoms with Crippen LogP contribution in [0.25, 0.3) is 0 Å².